The van der Waals surface area contributed by atoms with Gasteiger partial charge < -0.3 is 0 Å². The van der Waals surface area contributed by atoms with E-state index in [1.807, 2.05) is 12.3 Å². The number of aromatic nitrogens is 1. The number of hydrogen-bond donors (Lipinski definition) is 0. The lowest BCUT2D eigenvalue weighted by atomic mass is 9.91. The van der Waals surface area contributed by atoms with Crippen LogP contribution >= 0.6 is 0 Å². The minimum Gasteiger partial charge on any atom is -0.261 e. The second-order valence-electron chi connectivity index (χ2n) is 4.13. The van der Waals surface area contributed by atoms with E-state index in [2.05, 4.69) is 24.9 Å². The summed E-state index contributed by atoms with van der Waals surface area (Å²) in [6.45, 7) is 4.60. The molecular weight excluding hydrogens is 134 g/mol. The summed E-state index contributed by atoms with van der Waals surface area (Å²) >= 11 is 0. The number of fused-ring (bicyclic) bond motifs is 1. The third-order valence-electron chi connectivity index (χ3n) is 2.30. The number of pyridine rings is 1. The fourth-order valence-electron chi connectivity index (χ4n) is 1.82. The molecule has 0 N–H and O–H groups in total. The Balaban J connectivity index is 2.41. The smallest absolute Gasteiger partial charge is 0.0441 e. The minimum atomic E-state index is 0.441. The van der Waals surface area contributed by atoms with Gasteiger partial charge in [-0.15, -0.1) is 0 Å². The first-order valence-corrected chi connectivity index (χ1v) is 4.10. The highest BCUT2D eigenvalue weighted by molar-refractivity contribution is 5.27. The van der Waals surface area contributed by atoms with Gasteiger partial charge in [0.2, 0.25) is 0 Å². The zero-order chi connectivity index (χ0) is 7.90. The van der Waals surface area contributed by atoms with Crippen LogP contribution in [-0.4, -0.2) is 4.98 Å². The molecule has 1 aromatic rings. The summed E-state index contributed by atoms with van der Waals surface area (Å²) in [7, 11) is 0. The van der Waals surface area contributed by atoms with Crippen LogP contribution in [0.3, 0.4) is 0 Å². The SMILES string of the molecule is CC1(C)Cc2cccnc2C1. The molecule has 2 rings (SSSR count). The Bertz CT molecular complexity index is 249. The lowest BCUT2D eigenvalue weighted by molar-refractivity contribution is 0.390. The predicted molar refractivity (Wildman–Crippen MR) is 45.4 cm³/mol. The van der Waals surface area contributed by atoms with Crippen LogP contribution in [0.5, 0.6) is 0 Å². The molecule has 58 valence electrons. The highest BCUT2D eigenvalue weighted by Gasteiger charge is 2.28. The Hall–Kier alpha value is -0.850. The van der Waals surface area contributed by atoms with E-state index in [9.17, 15) is 0 Å². The van der Waals surface area contributed by atoms with Gasteiger partial charge in [0.25, 0.3) is 0 Å². The van der Waals surface area contributed by atoms with E-state index >= 15 is 0 Å². The molecule has 1 aliphatic carbocycles. The van der Waals surface area contributed by atoms with Crippen LogP contribution in [0.1, 0.15) is 25.1 Å². The van der Waals surface area contributed by atoms with Gasteiger partial charge in [-0.2, -0.15) is 0 Å². The Morgan fingerprint density at radius 2 is 2.18 bits per heavy atom. The number of nitrogens with zero attached hydrogens (tertiary/aromatic N) is 1. The van der Waals surface area contributed by atoms with Crippen molar-refractivity contribution in [3.63, 3.8) is 0 Å². The summed E-state index contributed by atoms with van der Waals surface area (Å²) in [5.74, 6) is 0. The highest BCUT2D eigenvalue weighted by atomic mass is 14.7. The molecule has 1 nitrogen and oxygen atoms in total. The second kappa shape index (κ2) is 2.07. The van der Waals surface area contributed by atoms with E-state index in [-0.39, 0.29) is 0 Å². The Labute approximate surface area is 67.5 Å². The van der Waals surface area contributed by atoms with Crippen molar-refractivity contribution in [3.05, 3.63) is 29.6 Å². The van der Waals surface area contributed by atoms with Crippen LogP contribution < -0.4 is 0 Å². The molecule has 0 spiro atoms. The molecule has 0 aromatic carbocycles. The van der Waals surface area contributed by atoms with E-state index in [0.717, 1.165) is 6.42 Å². The molecule has 0 saturated carbocycles. The van der Waals surface area contributed by atoms with Crippen molar-refractivity contribution in [1.82, 2.24) is 4.98 Å². The monoisotopic (exact) mass is 147 g/mol. The standard InChI is InChI=1S/C10H13N/c1-10(2)6-8-4-3-5-11-9(8)7-10/h3-5H,6-7H2,1-2H3. The summed E-state index contributed by atoms with van der Waals surface area (Å²) < 4.78 is 0. The van der Waals surface area contributed by atoms with E-state index in [1.54, 1.807) is 0 Å². The van der Waals surface area contributed by atoms with Gasteiger partial charge in [0, 0.05) is 11.9 Å². The molecule has 0 bridgehead atoms. The van der Waals surface area contributed by atoms with Crippen molar-refractivity contribution < 1.29 is 0 Å². The normalized spacial score (nSPS) is 19.8. The maximum atomic E-state index is 4.35. The first kappa shape index (κ1) is 6.84. The maximum absolute atomic E-state index is 4.35. The van der Waals surface area contributed by atoms with Crippen LogP contribution in [0.4, 0.5) is 0 Å². The van der Waals surface area contributed by atoms with Crippen LogP contribution in [-0.2, 0) is 12.8 Å². The van der Waals surface area contributed by atoms with E-state index in [0.29, 0.717) is 5.41 Å². The largest absolute Gasteiger partial charge is 0.261 e. The molecule has 0 radical (unpaired) electrons. The van der Waals surface area contributed by atoms with Crippen LogP contribution in [0.15, 0.2) is 18.3 Å². The third kappa shape index (κ3) is 1.15. The summed E-state index contributed by atoms with van der Waals surface area (Å²) in [6, 6.07) is 4.22. The average molecular weight is 147 g/mol. The Kier molecular flexibility index (Phi) is 1.28. The summed E-state index contributed by atoms with van der Waals surface area (Å²) in [5.41, 5.74) is 3.19. The summed E-state index contributed by atoms with van der Waals surface area (Å²) in [6.07, 6.45) is 4.22. The third-order valence-corrected chi connectivity index (χ3v) is 2.30. The molecule has 0 unspecified atom stereocenters. The van der Waals surface area contributed by atoms with Crippen molar-refractivity contribution in [2.75, 3.05) is 0 Å². The summed E-state index contributed by atoms with van der Waals surface area (Å²) in [5, 5.41) is 0. The minimum absolute atomic E-state index is 0.441. The summed E-state index contributed by atoms with van der Waals surface area (Å²) in [4.78, 5) is 4.35. The number of rotatable bonds is 0. The van der Waals surface area contributed by atoms with E-state index in [4.69, 9.17) is 0 Å². The maximum Gasteiger partial charge on any atom is 0.0441 e. The van der Waals surface area contributed by atoms with Gasteiger partial charge in [-0.25, -0.2) is 0 Å². The van der Waals surface area contributed by atoms with Crippen LogP contribution in [0.25, 0.3) is 0 Å². The Morgan fingerprint density at radius 1 is 1.36 bits per heavy atom. The molecular formula is C10H13N. The lowest BCUT2D eigenvalue weighted by Gasteiger charge is -2.14. The van der Waals surface area contributed by atoms with Crippen molar-refractivity contribution in [3.8, 4) is 0 Å². The predicted octanol–water partition coefficient (Wildman–Crippen LogP) is 2.21. The average Bonchev–Trinajstić information content (AvgIpc) is 2.21. The van der Waals surface area contributed by atoms with E-state index < -0.39 is 0 Å². The molecule has 0 saturated heterocycles. The molecule has 0 amide bonds. The van der Waals surface area contributed by atoms with Crippen LogP contribution in [0, 0.1) is 5.41 Å². The fourth-order valence-corrected chi connectivity index (χ4v) is 1.82. The first-order chi connectivity index (χ1) is 5.17. The second-order valence-corrected chi connectivity index (χ2v) is 4.13. The number of hydrogen-bond acceptors (Lipinski definition) is 1. The van der Waals surface area contributed by atoms with Crippen molar-refractivity contribution >= 4 is 0 Å². The van der Waals surface area contributed by atoms with Crippen molar-refractivity contribution in [2.45, 2.75) is 26.7 Å². The molecule has 0 aliphatic heterocycles. The van der Waals surface area contributed by atoms with Crippen LogP contribution in [0.2, 0.25) is 0 Å². The van der Waals surface area contributed by atoms with Gasteiger partial charge in [-0.3, -0.25) is 4.98 Å². The zero-order valence-electron chi connectivity index (χ0n) is 7.09. The fraction of sp³-hybridized carbons (Fsp3) is 0.500. The van der Waals surface area contributed by atoms with Gasteiger partial charge in [0.1, 0.15) is 0 Å². The molecule has 1 heteroatoms. The van der Waals surface area contributed by atoms with Crippen molar-refractivity contribution in [2.24, 2.45) is 5.41 Å². The molecule has 1 heterocycles. The van der Waals surface area contributed by atoms with Gasteiger partial charge in [0.15, 0.2) is 0 Å². The molecule has 0 fully saturated rings. The quantitative estimate of drug-likeness (QED) is 0.548. The Morgan fingerprint density at radius 3 is 2.91 bits per heavy atom. The van der Waals surface area contributed by atoms with Gasteiger partial charge >= 0.3 is 0 Å². The molecule has 11 heavy (non-hydrogen) atoms. The lowest BCUT2D eigenvalue weighted by Crippen LogP contribution is -2.09. The van der Waals surface area contributed by atoms with Gasteiger partial charge in [-0.05, 0) is 29.9 Å². The molecule has 1 aromatic heterocycles. The topological polar surface area (TPSA) is 12.9 Å². The highest BCUT2D eigenvalue weighted by Crippen LogP contribution is 2.34. The van der Waals surface area contributed by atoms with E-state index in [1.165, 1.54) is 17.7 Å². The van der Waals surface area contributed by atoms with Crippen molar-refractivity contribution in [1.29, 1.82) is 0 Å². The first-order valence-electron chi connectivity index (χ1n) is 4.10. The van der Waals surface area contributed by atoms with Gasteiger partial charge in [0.05, 0.1) is 0 Å². The van der Waals surface area contributed by atoms with Gasteiger partial charge in [-0.1, -0.05) is 19.9 Å². The molecule has 1 aliphatic rings. The zero-order valence-corrected chi connectivity index (χ0v) is 7.09. The molecule has 0 atom stereocenters.